The lowest BCUT2D eigenvalue weighted by atomic mass is 10.0. The number of benzene rings is 1. The predicted octanol–water partition coefficient (Wildman–Crippen LogP) is 3.75. The number of amides is 1. The molecule has 0 spiro atoms. The van der Waals surface area contributed by atoms with Crippen molar-refractivity contribution in [1.29, 1.82) is 0 Å². The number of unbranched alkanes of at least 4 members (excludes halogenated alkanes) is 1. The highest BCUT2D eigenvalue weighted by molar-refractivity contribution is 7.99. The summed E-state index contributed by atoms with van der Waals surface area (Å²) in [5.74, 6) is -0.656. The van der Waals surface area contributed by atoms with Crippen molar-refractivity contribution >= 4 is 40.9 Å². The number of aliphatic carboxylic acids is 1. The number of carboxylic acids is 1. The van der Waals surface area contributed by atoms with Crippen molar-refractivity contribution in [3.63, 3.8) is 0 Å². The lowest BCUT2D eigenvalue weighted by molar-refractivity contribution is -0.149. The molecule has 2 aromatic rings. The number of rotatable bonds is 12. The molecule has 1 fully saturated rings. The van der Waals surface area contributed by atoms with Crippen molar-refractivity contribution in [2.24, 2.45) is 0 Å². The quantitative estimate of drug-likeness (QED) is 0.336. The molecule has 1 amide bonds. The molecular formula is C25H32N2O5S2. The van der Waals surface area contributed by atoms with E-state index in [1.54, 1.807) is 11.8 Å². The highest BCUT2D eigenvalue weighted by Crippen LogP contribution is 2.32. The van der Waals surface area contributed by atoms with E-state index in [-0.39, 0.29) is 24.5 Å². The maximum Gasteiger partial charge on any atom is 0.323 e. The topological polar surface area (TPSA) is 95.9 Å². The van der Waals surface area contributed by atoms with E-state index in [2.05, 4.69) is 5.32 Å². The molecule has 1 aliphatic rings. The molecule has 1 saturated heterocycles. The summed E-state index contributed by atoms with van der Waals surface area (Å²) in [4.78, 5) is 40.4. The minimum absolute atomic E-state index is 0.295. The van der Waals surface area contributed by atoms with Crippen LogP contribution in [-0.4, -0.2) is 64.6 Å². The Kier molecular flexibility index (Phi) is 10.4. The van der Waals surface area contributed by atoms with Gasteiger partial charge in [-0.3, -0.25) is 19.7 Å². The first-order valence-corrected chi connectivity index (χ1v) is 13.6. The van der Waals surface area contributed by atoms with Crippen molar-refractivity contribution in [2.75, 3.05) is 24.7 Å². The van der Waals surface area contributed by atoms with Crippen LogP contribution in [0.5, 0.6) is 0 Å². The predicted molar refractivity (Wildman–Crippen MR) is 135 cm³/mol. The highest BCUT2D eigenvalue weighted by atomic mass is 32.2. The molecule has 2 N–H and O–H groups in total. The van der Waals surface area contributed by atoms with E-state index < -0.39 is 18.1 Å². The monoisotopic (exact) mass is 504 g/mol. The van der Waals surface area contributed by atoms with Gasteiger partial charge < -0.3 is 14.7 Å². The third-order valence-electron chi connectivity index (χ3n) is 5.69. The second kappa shape index (κ2) is 13.5. The fraction of sp³-hybridized carbons (Fsp3) is 0.480. The Morgan fingerprint density at radius 3 is 2.68 bits per heavy atom. The van der Waals surface area contributed by atoms with Crippen LogP contribution in [0, 0.1) is 0 Å². The van der Waals surface area contributed by atoms with Gasteiger partial charge in [0.05, 0.1) is 18.7 Å². The van der Waals surface area contributed by atoms with Gasteiger partial charge in [-0.1, -0.05) is 49.7 Å². The summed E-state index contributed by atoms with van der Waals surface area (Å²) < 4.78 is 5.49. The SMILES string of the molecule is CCCCOC(=O)[C@H](CCc1ccccc1)N[C@H]1CSC[C@@H](c2cccs2)N(CC(=O)O)C1=O. The van der Waals surface area contributed by atoms with Crippen LogP contribution in [0.15, 0.2) is 47.8 Å². The molecule has 1 aromatic carbocycles. The van der Waals surface area contributed by atoms with E-state index in [0.717, 1.165) is 23.3 Å². The molecule has 1 aromatic heterocycles. The maximum absolute atomic E-state index is 13.5. The Hall–Kier alpha value is -2.36. The van der Waals surface area contributed by atoms with E-state index in [0.29, 0.717) is 31.0 Å². The lowest BCUT2D eigenvalue weighted by Crippen LogP contribution is -2.54. The molecule has 0 saturated carbocycles. The van der Waals surface area contributed by atoms with Gasteiger partial charge in [0.2, 0.25) is 5.91 Å². The van der Waals surface area contributed by atoms with Crippen LogP contribution in [-0.2, 0) is 25.5 Å². The number of nitrogens with one attached hydrogen (secondary N) is 1. The molecule has 0 aliphatic carbocycles. The standard InChI is InChI=1S/C25H32N2O5S2/c1-2-3-13-32-25(31)19(12-11-18-8-5-4-6-9-18)26-20-16-33-17-21(22-10-7-14-34-22)27(24(20)30)15-23(28)29/h4-10,14,19-21,26H,2-3,11-13,15-17H2,1H3,(H,28,29)/t19-,20-,21-/m0/s1. The summed E-state index contributed by atoms with van der Waals surface area (Å²) in [5, 5.41) is 14.6. The number of carbonyl (C=O) groups excluding carboxylic acids is 2. The summed E-state index contributed by atoms with van der Waals surface area (Å²) in [6.07, 6.45) is 2.84. The zero-order valence-corrected chi connectivity index (χ0v) is 21.0. The second-order valence-corrected chi connectivity index (χ2v) is 10.3. The van der Waals surface area contributed by atoms with E-state index in [1.165, 1.54) is 16.2 Å². The van der Waals surface area contributed by atoms with Gasteiger partial charge in [0, 0.05) is 16.4 Å². The van der Waals surface area contributed by atoms with Crippen LogP contribution in [0.1, 0.15) is 42.7 Å². The first kappa shape index (κ1) is 26.2. The summed E-state index contributed by atoms with van der Waals surface area (Å²) in [6, 6.07) is 12.1. The third-order valence-corrected chi connectivity index (χ3v) is 7.78. The van der Waals surface area contributed by atoms with E-state index in [4.69, 9.17) is 4.74 Å². The number of thioether (sulfide) groups is 1. The molecule has 1 aliphatic heterocycles. The smallest absolute Gasteiger partial charge is 0.323 e. The van der Waals surface area contributed by atoms with Gasteiger partial charge in [-0.05, 0) is 36.3 Å². The number of thiophene rings is 1. The van der Waals surface area contributed by atoms with E-state index >= 15 is 0 Å². The van der Waals surface area contributed by atoms with E-state index in [1.807, 2.05) is 54.8 Å². The Balaban J connectivity index is 1.76. The zero-order chi connectivity index (χ0) is 24.3. The molecular weight excluding hydrogens is 472 g/mol. The normalized spacial score (nSPS) is 19.4. The van der Waals surface area contributed by atoms with Gasteiger partial charge in [0.25, 0.3) is 0 Å². The molecule has 0 bridgehead atoms. The largest absolute Gasteiger partial charge is 0.480 e. The Labute approximate surface area is 208 Å². The number of carbonyl (C=O) groups is 3. The van der Waals surface area contributed by atoms with Crippen LogP contribution < -0.4 is 5.32 Å². The average Bonchev–Trinajstić information content (AvgIpc) is 3.32. The molecule has 184 valence electrons. The van der Waals surface area contributed by atoms with Gasteiger partial charge in [0.15, 0.2) is 0 Å². The molecule has 34 heavy (non-hydrogen) atoms. The van der Waals surface area contributed by atoms with Crippen LogP contribution in [0.2, 0.25) is 0 Å². The summed E-state index contributed by atoms with van der Waals surface area (Å²) in [7, 11) is 0. The maximum atomic E-state index is 13.5. The molecule has 2 heterocycles. The number of aryl methyl sites for hydroxylation is 1. The number of carboxylic acid groups (broad SMARTS) is 1. The molecule has 7 nitrogen and oxygen atoms in total. The van der Waals surface area contributed by atoms with Gasteiger partial charge in [-0.25, -0.2) is 0 Å². The van der Waals surface area contributed by atoms with Gasteiger partial charge in [-0.2, -0.15) is 11.8 Å². The molecule has 3 atom stereocenters. The highest BCUT2D eigenvalue weighted by Gasteiger charge is 2.37. The van der Waals surface area contributed by atoms with Crippen LogP contribution in [0.25, 0.3) is 0 Å². The number of ether oxygens (including phenoxy) is 1. The number of hydrogen-bond acceptors (Lipinski definition) is 7. The fourth-order valence-electron chi connectivity index (χ4n) is 3.87. The van der Waals surface area contributed by atoms with Crippen LogP contribution in [0.3, 0.4) is 0 Å². The first-order valence-electron chi connectivity index (χ1n) is 11.6. The van der Waals surface area contributed by atoms with Crippen molar-refractivity contribution in [1.82, 2.24) is 10.2 Å². The number of hydrogen-bond donors (Lipinski definition) is 2. The lowest BCUT2D eigenvalue weighted by Gasteiger charge is -2.30. The zero-order valence-electron chi connectivity index (χ0n) is 19.4. The van der Waals surface area contributed by atoms with Gasteiger partial charge in [-0.15, -0.1) is 11.3 Å². The fourth-order valence-corrected chi connectivity index (χ4v) is 6.01. The number of esters is 1. The Bertz CT molecular complexity index is 923. The second-order valence-electron chi connectivity index (χ2n) is 8.25. The van der Waals surface area contributed by atoms with Crippen LogP contribution >= 0.6 is 23.1 Å². The molecule has 3 rings (SSSR count). The van der Waals surface area contributed by atoms with Gasteiger partial charge >= 0.3 is 11.9 Å². The van der Waals surface area contributed by atoms with Gasteiger partial charge in [0.1, 0.15) is 12.6 Å². The third kappa shape index (κ3) is 7.58. The minimum atomic E-state index is -1.06. The molecule has 0 radical (unpaired) electrons. The first-order chi connectivity index (χ1) is 16.5. The van der Waals surface area contributed by atoms with Crippen molar-refractivity contribution < 1.29 is 24.2 Å². The van der Waals surface area contributed by atoms with E-state index in [9.17, 15) is 19.5 Å². The Morgan fingerprint density at radius 1 is 1.21 bits per heavy atom. The van der Waals surface area contributed by atoms with Crippen molar-refractivity contribution in [3.8, 4) is 0 Å². The van der Waals surface area contributed by atoms with Crippen molar-refractivity contribution in [3.05, 3.63) is 58.3 Å². The molecule has 9 heteroatoms. The molecule has 0 unspecified atom stereocenters. The summed E-state index contributed by atoms with van der Waals surface area (Å²) >= 11 is 3.10. The van der Waals surface area contributed by atoms with Crippen molar-refractivity contribution in [2.45, 2.75) is 50.7 Å². The summed E-state index contributed by atoms with van der Waals surface area (Å²) in [6.45, 7) is 2.00. The summed E-state index contributed by atoms with van der Waals surface area (Å²) in [5.41, 5.74) is 1.10. The number of nitrogens with zero attached hydrogens (tertiary/aromatic N) is 1. The van der Waals surface area contributed by atoms with Crippen LogP contribution in [0.4, 0.5) is 0 Å². The average molecular weight is 505 g/mol. The Morgan fingerprint density at radius 2 is 2.00 bits per heavy atom. The minimum Gasteiger partial charge on any atom is -0.480 e.